The van der Waals surface area contributed by atoms with E-state index in [0.29, 0.717) is 24.6 Å². The third kappa shape index (κ3) is 3.23. The van der Waals surface area contributed by atoms with Gasteiger partial charge in [0.05, 0.1) is 16.5 Å². The fraction of sp³-hybridized carbons (Fsp3) is 0.462. The Kier molecular flexibility index (Phi) is 4.22. The molecule has 2 nitrogen and oxygen atoms in total. The lowest BCUT2D eigenvalue weighted by Crippen LogP contribution is -2.38. The molecule has 0 bridgehead atoms. The minimum atomic E-state index is -4.62. The van der Waals surface area contributed by atoms with Gasteiger partial charge in [0.2, 0.25) is 0 Å². The number of hydrogen-bond donors (Lipinski definition) is 1. The molecule has 1 aliphatic rings. The Morgan fingerprint density at radius 2 is 2.00 bits per heavy atom. The highest BCUT2D eigenvalue weighted by Crippen LogP contribution is 2.30. The maximum absolute atomic E-state index is 13.5. The van der Waals surface area contributed by atoms with Gasteiger partial charge in [-0.05, 0) is 37.5 Å². The van der Waals surface area contributed by atoms with Crippen LogP contribution in [0.15, 0.2) is 18.2 Å². The molecule has 1 saturated carbocycles. The van der Waals surface area contributed by atoms with Crippen LogP contribution < -0.4 is 5.32 Å². The molecule has 0 radical (unpaired) electrons. The van der Waals surface area contributed by atoms with Crippen molar-refractivity contribution in [2.75, 3.05) is 0 Å². The number of carbonyl (C=O) groups excluding carboxylic acids is 1. The molecular formula is C13H12ClF4NO. The molecule has 1 aliphatic carbocycles. The molecule has 2 unspecified atom stereocenters. The lowest BCUT2D eigenvalue weighted by Gasteiger charge is -2.16. The maximum Gasteiger partial charge on any atom is 0.416 e. The van der Waals surface area contributed by atoms with Crippen molar-refractivity contribution in [1.82, 2.24) is 5.32 Å². The van der Waals surface area contributed by atoms with Gasteiger partial charge < -0.3 is 5.32 Å². The minimum Gasteiger partial charge on any atom is -0.348 e. The predicted octanol–water partition coefficient (Wildman–Crippen LogP) is 3.73. The maximum atomic E-state index is 13.5. The van der Waals surface area contributed by atoms with Crippen LogP contribution in [-0.4, -0.2) is 17.3 Å². The number of carbonyl (C=O) groups is 1. The first-order valence-electron chi connectivity index (χ1n) is 6.10. The van der Waals surface area contributed by atoms with E-state index >= 15 is 0 Å². The second kappa shape index (κ2) is 5.60. The molecule has 0 saturated heterocycles. The Morgan fingerprint density at radius 1 is 1.30 bits per heavy atom. The Bertz CT molecular complexity index is 518. The van der Waals surface area contributed by atoms with Gasteiger partial charge in [0.25, 0.3) is 5.91 Å². The van der Waals surface area contributed by atoms with E-state index in [1.165, 1.54) is 0 Å². The highest BCUT2D eigenvalue weighted by atomic mass is 35.5. The van der Waals surface area contributed by atoms with Crippen LogP contribution in [0.2, 0.25) is 0 Å². The fourth-order valence-corrected chi connectivity index (χ4v) is 2.54. The summed E-state index contributed by atoms with van der Waals surface area (Å²) in [4.78, 5) is 11.9. The van der Waals surface area contributed by atoms with Gasteiger partial charge in [0.15, 0.2) is 0 Å². The largest absolute Gasteiger partial charge is 0.416 e. The molecule has 7 heteroatoms. The molecule has 1 aromatic carbocycles. The summed E-state index contributed by atoms with van der Waals surface area (Å²) < 4.78 is 51.2. The highest BCUT2D eigenvalue weighted by Gasteiger charge is 2.33. The second-order valence-electron chi connectivity index (χ2n) is 4.72. The number of nitrogens with one attached hydrogen (secondary N) is 1. The smallest absolute Gasteiger partial charge is 0.348 e. The summed E-state index contributed by atoms with van der Waals surface area (Å²) in [5.74, 6) is -1.86. The average molecular weight is 310 g/mol. The van der Waals surface area contributed by atoms with Gasteiger partial charge in [-0.3, -0.25) is 4.79 Å². The zero-order valence-corrected chi connectivity index (χ0v) is 11.1. The molecule has 0 spiro atoms. The van der Waals surface area contributed by atoms with Crippen molar-refractivity contribution >= 4 is 17.5 Å². The lowest BCUT2D eigenvalue weighted by atomic mass is 10.1. The molecule has 1 N–H and O–H groups in total. The number of amides is 1. The van der Waals surface area contributed by atoms with E-state index in [2.05, 4.69) is 5.32 Å². The van der Waals surface area contributed by atoms with Gasteiger partial charge in [-0.1, -0.05) is 0 Å². The molecule has 0 aliphatic heterocycles. The molecular weight excluding hydrogens is 298 g/mol. The van der Waals surface area contributed by atoms with Crippen molar-refractivity contribution < 1.29 is 22.4 Å². The van der Waals surface area contributed by atoms with Gasteiger partial charge in [-0.25, -0.2) is 4.39 Å². The molecule has 110 valence electrons. The summed E-state index contributed by atoms with van der Waals surface area (Å²) in [5.41, 5.74) is -1.67. The van der Waals surface area contributed by atoms with Gasteiger partial charge in [-0.2, -0.15) is 13.2 Å². The van der Waals surface area contributed by atoms with Crippen LogP contribution in [0, 0.1) is 5.82 Å². The van der Waals surface area contributed by atoms with Crippen molar-refractivity contribution in [2.45, 2.75) is 36.9 Å². The van der Waals surface area contributed by atoms with Gasteiger partial charge >= 0.3 is 6.18 Å². The molecule has 0 aromatic heterocycles. The SMILES string of the molecule is O=C(NC1CCCC1Cl)c1cc(C(F)(F)F)ccc1F. The van der Waals surface area contributed by atoms with Crippen LogP contribution in [0.3, 0.4) is 0 Å². The van der Waals surface area contributed by atoms with Crippen LogP contribution in [0.25, 0.3) is 0 Å². The fourth-order valence-electron chi connectivity index (χ4n) is 2.20. The molecule has 2 atom stereocenters. The van der Waals surface area contributed by atoms with Gasteiger partial charge in [0.1, 0.15) is 5.82 Å². The normalized spacial score (nSPS) is 22.9. The van der Waals surface area contributed by atoms with Crippen molar-refractivity contribution in [3.05, 3.63) is 35.1 Å². The molecule has 2 rings (SSSR count). The lowest BCUT2D eigenvalue weighted by molar-refractivity contribution is -0.137. The number of halogens is 5. The van der Waals surface area contributed by atoms with E-state index in [4.69, 9.17) is 11.6 Å². The zero-order valence-electron chi connectivity index (χ0n) is 10.3. The summed E-state index contributed by atoms with van der Waals surface area (Å²) in [5, 5.41) is 2.22. The first kappa shape index (κ1) is 15.1. The topological polar surface area (TPSA) is 29.1 Å². The Hall–Kier alpha value is -1.30. The van der Waals surface area contributed by atoms with Crippen LogP contribution in [0.4, 0.5) is 17.6 Å². The van der Waals surface area contributed by atoms with Crippen LogP contribution >= 0.6 is 11.6 Å². The molecule has 1 fully saturated rings. The highest BCUT2D eigenvalue weighted by molar-refractivity contribution is 6.21. The number of rotatable bonds is 2. The van der Waals surface area contributed by atoms with E-state index in [1.807, 2.05) is 0 Å². The third-order valence-corrected chi connectivity index (χ3v) is 3.81. The molecule has 1 amide bonds. The van der Waals surface area contributed by atoms with Crippen LogP contribution in [0.5, 0.6) is 0 Å². The van der Waals surface area contributed by atoms with E-state index < -0.39 is 29.0 Å². The summed E-state index contributed by atoms with van der Waals surface area (Å²) in [6.45, 7) is 0. The Labute approximate surface area is 118 Å². The minimum absolute atomic E-state index is 0.271. The van der Waals surface area contributed by atoms with E-state index in [9.17, 15) is 22.4 Å². The second-order valence-corrected chi connectivity index (χ2v) is 5.28. The quantitative estimate of drug-likeness (QED) is 0.654. The van der Waals surface area contributed by atoms with Crippen molar-refractivity contribution in [1.29, 1.82) is 0 Å². The number of benzene rings is 1. The predicted molar refractivity (Wildman–Crippen MR) is 66.1 cm³/mol. The van der Waals surface area contributed by atoms with Gasteiger partial charge in [-0.15, -0.1) is 11.6 Å². The molecule has 1 aromatic rings. The first-order valence-corrected chi connectivity index (χ1v) is 6.54. The summed E-state index contributed by atoms with van der Waals surface area (Å²) in [6.07, 6.45) is -2.44. The number of alkyl halides is 4. The van der Waals surface area contributed by atoms with E-state index in [0.717, 1.165) is 12.8 Å². The standard InChI is InChI=1S/C13H12ClF4NO/c14-9-2-1-3-11(9)19-12(20)8-6-7(13(16,17)18)4-5-10(8)15/h4-6,9,11H,1-3H2,(H,19,20). The summed E-state index contributed by atoms with van der Waals surface area (Å²) in [7, 11) is 0. The van der Waals surface area contributed by atoms with Crippen molar-refractivity contribution in [2.24, 2.45) is 0 Å². The summed E-state index contributed by atoms with van der Waals surface area (Å²) in [6, 6.07) is 1.43. The van der Waals surface area contributed by atoms with Crippen molar-refractivity contribution in [3.8, 4) is 0 Å². The van der Waals surface area contributed by atoms with E-state index in [1.54, 1.807) is 0 Å². The monoisotopic (exact) mass is 309 g/mol. The summed E-state index contributed by atoms with van der Waals surface area (Å²) >= 11 is 5.96. The number of hydrogen-bond acceptors (Lipinski definition) is 1. The van der Waals surface area contributed by atoms with Crippen LogP contribution in [-0.2, 0) is 6.18 Å². The van der Waals surface area contributed by atoms with Crippen molar-refractivity contribution in [3.63, 3.8) is 0 Å². The van der Waals surface area contributed by atoms with Crippen LogP contribution in [0.1, 0.15) is 35.2 Å². The third-order valence-electron chi connectivity index (χ3n) is 3.29. The molecule has 20 heavy (non-hydrogen) atoms. The zero-order chi connectivity index (χ0) is 14.9. The molecule has 0 heterocycles. The average Bonchev–Trinajstić information content (AvgIpc) is 2.74. The van der Waals surface area contributed by atoms with Gasteiger partial charge in [0, 0.05) is 6.04 Å². The Balaban J connectivity index is 2.20. The first-order chi connectivity index (χ1) is 9.29. The van der Waals surface area contributed by atoms with E-state index in [-0.39, 0.29) is 11.4 Å². The Morgan fingerprint density at radius 3 is 2.55 bits per heavy atom.